The zero-order chi connectivity index (χ0) is 10.7. The molecular formula is C11H11BrN2S. The number of halogens is 1. The van der Waals surface area contributed by atoms with Crippen LogP contribution < -0.4 is 5.73 Å². The zero-order valence-electron chi connectivity index (χ0n) is 8.06. The third-order valence-corrected chi connectivity index (χ3v) is 3.62. The molecule has 2 nitrogen and oxygen atoms in total. The SMILES string of the molecule is NC(Cc1ccc(Br)cc1)c1cncs1. The average molecular weight is 283 g/mol. The fraction of sp³-hybridized carbons (Fsp3) is 0.182. The monoisotopic (exact) mass is 282 g/mol. The molecular weight excluding hydrogens is 272 g/mol. The van der Waals surface area contributed by atoms with Gasteiger partial charge < -0.3 is 5.73 Å². The van der Waals surface area contributed by atoms with Gasteiger partial charge in [-0.3, -0.25) is 4.98 Å². The molecule has 0 amide bonds. The topological polar surface area (TPSA) is 38.9 Å². The van der Waals surface area contributed by atoms with Gasteiger partial charge in [-0.25, -0.2) is 0 Å². The van der Waals surface area contributed by atoms with E-state index in [2.05, 4.69) is 33.0 Å². The Hall–Kier alpha value is -0.710. The summed E-state index contributed by atoms with van der Waals surface area (Å²) in [5, 5.41) is 0. The molecule has 0 aliphatic heterocycles. The second-order valence-electron chi connectivity index (χ2n) is 3.34. The van der Waals surface area contributed by atoms with Crippen molar-refractivity contribution in [3.05, 3.63) is 50.9 Å². The maximum atomic E-state index is 6.07. The molecule has 1 unspecified atom stereocenters. The molecule has 78 valence electrons. The highest BCUT2D eigenvalue weighted by atomic mass is 79.9. The minimum absolute atomic E-state index is 0.0543. The van der Waals surface area contributed by atoms with Gasteiger partial charge in [-0.2, -0.15) is 0 Å². The van der Waals surface area contributed by atoms with Crippen molar-refractivity contribution in [2.75, 3.05) is 0 Å². The van der Waals surface area contributed by atoms with E-state index in [-0.39, 0.29) is 6.04 Å². The highest BCUT2D eigenvalue weighted by molar-refractivity contribution is 9.10. The third-order valence-electron chi connectivity index (χ3n) is 2.19. The summed E-state index contributed by atoms with van der Waals surface area (Å²) in [5.74, 6) is 0. The van der Waals surface area contributed by atoms with E-state index in [4.69, 9.17) is 5.73 Å². The molecule has 0 bridgehead atoms. The van der Waals surface area contributed by atoms with Crippen LogP contribution in [0.3, 0.4) is 0 Å². The quantitative estimate of drug-likeness (QED) is 0.939. The number of benzene rings is 1. The van der Waals surface area contributed by atoms with Crippen LogP contribution in [0.25, 0.3) is 0 Å². The Labute approximate surface area is 101 Å². The summed E-state index contributed by atoms with van der Waals surface area (Å²) in [6, 6.07) is 8.30. The Morgan fingerprint density at radius 2 is 2.07 bits per heavy atom. The van der Waals surface area contributed by atoms with Crippen molar-refractivity contribution in [2.45, 2.75) is 12.5 Å². The fourth-order valence-electron chi connectivity index (χ4n) is 1.38. The minimum Gasteiger partial charge on any atom is -0.323 e. The fourth-order valence-corrected chi connectivity index (χ4v) is 2.27. The largest absolute Gasteiger partial charge is 0.323 e. The van der Waals surface area contributed by atoms with Gasteiger partial charge in [0.25, 0.3) is 0 Å². The second kappa shape index (κ2) is 4.88. The number of nitrogens with two attached hydrogens (primary N) is 1. The minimum atomic E-state index is 0.0543. The first-order chi connectivity index (χ1) is 7.25. The van der Waals surface area contributed by atoms with Crippen molar-refractivity contribution in [1.29, 1.82) is 0 Å². The van der Waals surface area contributed by atoms with E-state index in [1.165, 1.54) is 5.56 Å². The molecule has 2 N–H and O–H groups in total. The average Bonchev–Trinajstić information content (AvgIpc) is 2.74. The van der Waals surface area contributed by atoms with Gasteiger partial charge >= 0.3 is 0 Å². The van der Waals surface area contributed by atoms with Gasteiger partial charge in [0, 0.05) is 21.6 Å². The maximum absolute atomic E-state index is 6.07. The van der Waals surface area contributed by atoms with Crippen LogP contribution in [0.15, 0.2) is 40.4 Å². The van der Waals surface area contributed by atoms with Crippen LogP contribution >= 0.6 is 27.3 Å². The molecule has 0 saturated carbocycles. The molecule has 2 rings (SSSR count). The van der Waals surface area contributed by atoms with E-state index in [9.17, 15) is 0 Å². The standard InChI is InChI=1S/C11H11BrN2S/c12-9-3-1-8(2-4-9)5-10(13)11-6-14-7-15-11/h1-4,6-7,10H,5,13H2. The molecule has 1 aromatic heterocycles. The van der Waals surface area contributed by atoms with Crippen molar-refractivity contribution in [1.82, 2.24) is 4.98 Å². The number of nitrogens with zero attached hydrogens (tertiary/aromatic N) is 1. The lowest BCUT2D eigenvalue weighted by molar-refractivity contribution is 0.734. The van der Waals surface area contributed by atoms with Gasteiger partial charge in [-0.05, 0) is 24.1 Å². The predicted molar refractivity (Wildman–Crippen MR) is 66.9 cm³/mol. The van der Waals surface area contributed by atoms with Gasteiger partial charge in [0.2, 0.25) is 0 Å². The van der Waals surface area contributed by atoms with Crippen molar-refractivity contribution < 1.29 is 0 Å². The zero-order valence-corrected chi connectivity index (χ0v) is 10.5. The summed E-state index contributed by atoms with van der Waals surface area (Å²) in [5.41, 5.74) is 9.13. The van der Waals surface area contributed by atoms with Gasteiger partial charge in [-0.1, -0.05) is 28.1 Å². The van der Waals surface area contributed by atoms with E-state index in [1.807, 2.05) is 23.8 Å². The smallest absolute Gasteiger partial charge is 0.0794 e. The molecule has 2 aromatic rings. The van der Waals surface area contributed by atoms with Crippen molar-refractivity contribution >= 4 is 27.3 Å². The Bertz CT molecular complexity index is 411. The van der Waals surface area contributed by atoms with Gasteiger partial charge in [0.15, 0.2) is 0 Å². The van der Waals surface area contributed by atoms with Crippen molar-refractivity contribution in [3.8, 4) is 0 Å². The first kappa shape index (κ1) is 10.8. The summed E-state index contributed by atoms with van der Waals surface area (Å²) in [6.07, 6.45) is 2.70. The summed E-state index contributed by atoms with van der Waals surface area (Å²) < 4.78 is 1.10. The van der Waals surface area contributed by atoms with Gasteiger partial charge in [-0.15, -0.1) is 11.3 Å². The third kappa shape index (κ3) is 2.87. The van der Waals surface area contributed by atoms with Crippen molar-refractivity contribution in [2.24, 2.45) is 5.73 Å². The Kier molecular flexibility index (Phi) is 3.51. The molecule has 0 aliphatic rings. The lowest BCUT2D eigenvalue weighted by atomic mass is 10.1. The summed E-state index contributed by atoms with van der Waals surface area (Å²) in [6.45, 7) is 0. The van der Waals surface area contributed by atoms with E-state index < -0.39 is 0 Å². The molecule has 1 aromatic carbocycles. The summed E-state index contributed by atoms with van der Waals surface area (Å²) >= 11 is 5.02. The molecule has 0 spiro atoms. The normalized spacial score (nSPS) is 12.7. The first-order valence-electron chi connectivity index (χ1n) is 4.64. The Morgan fingerprint density at radius 3 is 2.67 bits per heavy atom. The number of thiazole rings is 1. The van der Waals surface area contributed by atoms with Crippen LogP contribution in [0, 0.1) is 0 Å². The Balaban J connectivity index is 2.06. The molecule has 0 fully saturated rings. The molecule has 4 heteroatoms. The molecule has 1 heterocycles. The molecule has 15 heavy (non-hydrogen) atoms. The lowest BCUT2D eigenvalue weighted by Crippen LogP contribution is -2.11. The van der Waals surface area contributed by atoms with Crippen LogP contribution in [0.5, 0.6) is 0 Å². The predicted octanol–water partition coefficient (Wildman–Crippen LogP) is 3.15. The highest BCUT2D eigenvalue weighted by Crippen LogP contribution is 2.20. The second-order valence-corrected chi connectivity index (χ2v) is 5.17. The van der Waals surface area contributed by atoms with Gasteiger partial charge in [0.05, 0.1) is 5.51 Å². The van der Waals surface area contributed by atoms with Crippen LogP contribution in [-0.4, -0.2) is 4.98 Å². The molecule has 0 aliphatic carbocycles. The highest BCUT2D eigenvalue weighted by Gasteiger charge is 2.08. The van der Waals surface area contributed by atoms with E-state index >= 15 is 0 Å². The van der Waals surface area contributed by atoms with E-state index in [0.717, 1.165) is 15.8 Å². The van der Waals surface area contributed by atoms with Crippen molar-refractivity contribution in [3.63, 3.8) is 0 Å². The number of hydrogen-bond acceptors (Lipinski definition) is 3. The van der Waals surface area contributed by atoms with E-state index in [0.29, 0.717) is 0 Å². The van der Waals surface area contributed by atoms with Crippen LogP contribution in [-0.2, 0) is 6.42 Å². The van der Waals surface area contributed by atoms with E-state index in [1.54, 1.807) is 11.3 Å². The molecule has 1 atom stereocenters. The molecule has 0 saturated heterocycles. The molecule has 0 radical (unpaired) electrons. The van der Waals surface area contributed by atoms with Crippen LogP contribution in [0.4, 0.5) is 0 Å². The van der Waals surface area contributed by atoms with Gasteiger partial charge in [0.1, 0.15) is 0 Å². The first-order valence-corrected chi connectivity index (χ1v) is 6.31. The number of rotatable bonds is 3. The Morgan fingerprint density at radius 1 is 1.33 bits per heavy atom. The summed E-state index contributed by atoms with van der Waals surface area (Å²) in [4.78, 5) is 5.17. The number of hydrogen-bond donors (Lipinski definition) is 1. The summed E-state index contributed by atoms with van der Waals surface area (Å²) in [7, 11) is 0. The maximum Gasteiger partial charge on any atom is 0.0794 e. The van der Waals surface area contributed by atoms with Crippen LogP contribution in [0.2, 0.25) is 0 Å². The van der Waals surface area contributed by atoms with Crippen LogP contribution in [0.1, 0.15) is 16.5 Å². The number of aromatic nitrogens is 1. The lowest BCUT2D eigenvalue weighted by Gasteiger charge is -2.08.